The van der Waals surface area contributed by atoms with Crippen LogP contribution in [0.3, 0.4) is 0 Å². The standard InChI is InChI=1S/C19H27N3O2S2/c1-19(2,3)18-21-16(14-25-18)13-20-12-15-6-8-17(9-7-15)26(23,24)22-10-4-5-11-22/h6-9,14,20H,4-5,10-13H2,1-3H3. The number of hydrogen-bond acceptors (Lipinski definition) is 5. The maximum atomic E-state index is 12.5. The highest BCUT2D eigenvalue weighted by molar-refractivity contribution is 7.89. The number of hydrogen-bond donors (Lipinski definition) is 1. The van der Waals surface area contributed by atoms with Crippen molar-refractivity contribution in [2.75, 3.05) is 13.1 Å². The Morgan fingerprint density at radius 3 is 2.35 bits per heavy atom. The van der Waals surface area contributed by atoms with Gasteiger partial charge in [-0.25, -0.2) is 13.4 Å². The van der Waals surface area contributed by atoms with Crippen LogP contribution < -0.4 is 5.32 Å². The average Bonchev–Trinajstić information content (AvgIpc) is 3.27. The van der Waals surface area contributed by atoms with E-state index in [1.54, 1.807) is 27.8 Å². The maximum absolute atomic E-state index is 12.5. The molecule has 0 spiro atoms. The van der Waals surface area contributed by atoms with Crippen molar-refractivity contribution >= 4 is 21.4 Å². The Morgan fingerprint density at radius 1 is 1.12 bits per heavy atom. The molecule has 7 heteroatoms. The fourth-order valence-corrected chi connectivity index (χ4v) is 5.35. The molecule has 1 aromatic carbocycles. The summed E-state index contributed by atoms with van der Waals surface area (Å²) in [4.78, 5) is 5.06. The quantitative estimate of drug-likeness (QED) is 0.816. The fourth-order valence-electron chi connectivity index (χ4n) is 2.92. The minimum atomic E-state index is -3.33. The first-order valence-electron chi connectivity index (χ1n) is 9.01. The highest BCUT2D eigenvalue weighted by Gasteiger charge is 2.26. The second-order valence-electron chi connectivity index (χ2n) is 7.75. The van der Waals surface area contributed by atoms with Gasteiger partial charge in [0.15, 0.2) is 0 Å². The van der Waals surface area contributed by atoms with Crippen LogP contribution in [-0.4, -0.2) is 30.8 Å². The molecular weight excluding hydrogens is 366 g/mol. The molecule has 0 aliphatic carbocycles. The summed E-state index contributed by atoms with van der Waals surface area (Å²) < 4.78 is 26.6. The third kappa shape index (κ3) is 4.52. The van der Waals surface area contributed by atoms with Gasteiger partial charge in [-0.1, -0.05) is 32.9 Å². The van der Waals surface area contributed by atoms with Crippen molar-refractivity contribution in [2.45, 2.75) is 57.0 Å². The molecule has 3 rings (SSSR count). The van der Waals surface area contributed by atoms with Crippen LogP contribution in [0.5, 0.6) is 0 Å². The summed E-state index contributed by atoms with van der Waals surface area (Å²) in [7, 11) is -3.33. The van der Waals surface area contributed by atoms with Crippen LogP contribution in [0.1, 0.15) is 49.9 Å². The van der Waals surface area contributed by atoms with Gasteiger partial charge in [0, 0.05) is 37.0 Å². The van der Waals surface area contributed by atoms with E-state index in [4.69, 9.17) is 0 Å². The van der Waals surface area contributed by atoms with E-state index < -0.39 is 10.0 Å². The lowest BCUT2D eigenvalue weighted by atomic mass is 9.98. The molecule has 26 heavy (non-hydrogen) atoms. The molecule has 0 amide bonds. The SMILES string of the molecule is CC(C)(C)c1nc(CNCc2ccc(S(=O)(=O)N3CCCC3)cc2)cs1. The smallest absolute Gasteiger partial charge is 0.243 e. The Kier molecular flexibility index (Phi) is 5.81. The first-order valence-corrected chi connectivity index (χ1v) is 11.3. The molecule has 0 unspecified atom stereocenters. The second kappa shape index (κ2) is 7.76. The first-order chi connectivity index (χ1) is 12.3. The largest absolute Gasteiger partial charge is 0.307 e. The van der Waals surface area contributed by atoms with E-state index >= 15 is 0 Å². The van der Waals surface area contributed by atoms with Crippen molar-refractivity contribution in [3.05, 3.63) is 45.9 Å². The third-order valence-electron chi connectivity index (χ3n) is 4.45. The molecule has 0 bridgehead atoms. The Balaban J connectivity index is 1.55. The number of benzene rings is 1. The van der Waals surface area contributed by atoms with Gasteiger partial charge >= 0.3 is 0 Å². The van der Waals surface area contributed by atoms with Crippen LogP contribution in [0, 0.1) is 0 Å². The van der Waals surface area contributed by atoms with Gasteiger partial charge in [0.2, 0.25) is 10.0 Å². The van der Waals surface area contributed by atoms with Gasteiger partial charge in [0.1, 0.15) is 0 Å². The summed E-state index contributed by atoms with van der Waals surface area (Å²) in [5, 5.41) is 6.62. The van der Waals surface area contributed by atoms with Gasteiger partial charge in [-0.05, 0) is 30.5 Å². The lowest BCUT2D eigenvalue weighted by Crippen LogP contribution is -2.27. The maximum Gasteiger partial charge on any atom is 0.243 e. The Labute approximate surface area is 160 Å². The highest BCUT2D eigenvalue weighted by atomic mass is 32.2. The van der Waals surface area contributed by atoms with Crippen LogP contribution in [0.25, 0.3) is 0 Å². The summed E-state index contributed by atoms with van der Waals surface area (Å²) in [6, 6.07) is 7.20. The number of rotatable bonds is 6. The Bertz CT molecular complexity index is 830. The minimum absolute atomic E-state index is 0.0829. The number of nitrogens with one attached hydrogen (secondary N) is 1. The molecule has 1 saturated heterocycles. The van der Waals surface area contributed by atoms with Gasteiger partial charge in [-0.3, -0.25) is 0 Å². The lowest BCUT2D eigenvalue weighted by Gasteiger charge is -2.15. The van der Waals surface area contributed by atoms with Crippen molar-refractivity contribution in [1.82, 2.24) is 14.6 Å². The highest BCUT2D eigenvalue weighted by Crippen LogP contribution is 2.25. The van der Waals surface area contributed by atoms with Gasteiger partial charge in [0.25, 0.3) is 0 Å². The summed E-state index contributed by atoms with van der Waals surface area (Å²) in [5.74, 6) is 0. The van der Waals surface area contributed by atoms with E-state index in [9.17, 15) is 8.42 Å². The molecule has 5 nitrogen and oxygen atoms in total. The van der Waals surface area contributed by atoms with Crippen LogP contribution in [0.4, 0.5) is 0 Å². The third-order valence-corrected chi connectivity index (χ3v) is 7.68. The number of nitrogens with zero attached hydrogens (tertiary/aromatic N) is 2. The van der Waals surface area contributed by atoms with Gasteiger partial charge in [-0.15, -0.1) is 11.3 Å². The van der Waals surface area contributed by atoms with Crippen LogP contribution in [0.15, 0.2) is 34.5 Å². The molecule has 1 aromatic heterocycles. The Morgan fingerprint density at radius 2 is 1.77 bits per heavy atom. The van der Waals surface area contributed by atoms with Crippen molar-refractivity contribution in [2.24, 2.45) is 0 Å². The minimum Gasteiger partial charge on any atom is -0.307 e. The molecule has 0 atom stereocenters. The number of sulfonamides is 1. The molecule has 1 aliphatic heterocycles. The van der Waals surface area contributed by atoms with Gasteiger partial charge in [-0.2, -0.15) is 4.31 Å². The van der Waals surface area contributed by atoms with Crippen LogP contribution >= 0.6 is 11.3 Å². The molecule has 0 saturated carbocycles. The average molecular weight is 394 g/mol. The molecule has 2 aromatic rings. The zero-order valence-electron chi connectivity index (χ0n) is 15.7. The normalized spacial score (nSPS) is 16.3. The monoisotopic (exact) mass is 393 g/mol. The topological polar surface area (TPSA) is 62.3 Å². The number of aromatic nitrogens is 1. The van der Waals surface area contributed by atoms with Crippen molar-refractivity contribution < 1.29 is 8.42 Å². The van der Waals surface area contributed by atoms with E-state index in [-0.39, 0.29) is 5.41 Å². The predicted molar refractivity (Wildman–Crippen MR) is 106 cm³/mol. The molecule has 1 aliphatic rings. The van der Waals surface area contributed by atoms with E-state index in [1.807, 2.05) is 12.1 Å². The fraction of sp³-hybridized carbons (Fsp3) is 0.526. The summed E-state index contributed by atoms with van der Waals surface area (Å²) in [6.07, 6.45) is 1.91. The second-order valence-corrected chi connectivity index (χ2v) is 10.5. The molecule has 1 fully saturated rings. The molecular formula is C19H27N3O2S2. The predicted octanol–water partition coefficient (Wildman–Crippen LogP) is 3.51. The summed E-state index contributed by atoms with van der Waals surface area (Å²) in [6.45, 7) is 9.17. The van der Waals surface area contributed by atoms with Crippen LogP contribution in [-0.2, 0) is 28.5 Å². The molecule has 142 valence electrons. The van der Waals surface area contributed by atoms with Crippen LogP contribution in [0.2, 0.25) is 0 Å². The zero-order valence-corrected chi connectivity index (χ0v) is 17.3. The van der Waals surface area contributed by atoms with E-state index in [1.165, 1.54) is 0 Å². The van der Waals surface area contributed by atoms with Gasteiger partial charge < -0.3 is 5.32 Å². The first kappa shape index (κ1) is 19.5. The summed E-state index contributed by atoms with van der Waals surface area (Å²) in [5.41, 5.74) is 2.20. The lowest BCUT2D eigenvalue weighted by molar-refractivity contribution is 0.477. The zero-order chi connectivity index (χ0) is 18.8. The van der Waals surface area contributed by atoms with Crippen molar-refractivity contribution in [1.29, 1.82) is 0 Å². The number of thiazole rings is 1. The Hall–Kier alpha value is -1.28. The van der Waals surface area contributed by atoms with Crippen molar-refractivity contribution in [3.8, 4) is 0 Å². The summed E-state index contributed by atoms with van der Waals surface area (Å²) >= 11 is 1.70. The molecule has 2 heterocycles. The molecule has 0 radical (unpaired) electrons. The molecule has 1 N–H and O–H groups in total. The van der Waals surface area contributed by atoms with Gasteiger partial charge in [0.05, 0.1) is 15.6 Å². The van der Waals surface area contributed by atoms with E-state index in [0.29, 0.717) is 31.1 Å². The van der Waals surface area contributed by atoms with E-state index in [2.05, 4.69) is 36.5 Å². The van der Waals surface area contributed by atoms with E-state index in [0.717, 1.165) is 29.1 Å². The van der Waals surface area contributed by atoms with Crippen molar-refractivity contribution in [3.63, 3.8) is 0 Å².